The number of nitrogens with zero attached hydrogens (tertiary/aromatic N) is 2. The second kappa shape index (κ2) is 9.53. The van der Waals surface area contributed by atoms with Gasteiger partial charge in [0.25, 0.3) is 0 Å². The monoisotopic (exact) mass is 484 g/mol. The Morgan fingerprint density at radius 2 is 1.88 bits per heavy atom. The average molecular weight is 485 g/mol. The summed E-state index contributed by atoms with van der Waals surface area (Å²) in [6.45, 7) is 2.62. The van der Waals surface area contributed by atoms with Crippen LogP contribution in [0.3, 0.4) is 0 Å². The topological polar surface area (TPSA) is 77.9 Å². The zero-order valence-corrected chi connectivity index (χ0v) is 19.9. The molecule has 0 spiro atoms. The van der Waals surface area contributed by atoms with Gasteiger partial charge in [-0.3, -0.25) is 14.4 Å². The minimum atomic E-state index is -0.978. The molecule has 0 aliphatic carbocycles. The van der Waals surface area contributed by atoms with Gasteiger partial charge in [-0.2, -0.15) is 0 Å². The SMILES string of the molecule is CC1(C(=O)N(CCC(=O)O)Cc2ccc(Cl)cc2)CCN1C(=O)Cc1csc2ccccc12. The Bertz CT molecular complexity index is 1190. The van der Waals surface area contributed by atoms with E-state index in [1.807, 2.05) is 41.8 Å². The fraction of sp³-hybridized carbons (Fsp3) is 0.320. The van der Waals surface area contributed by atoms with Gasteiger partial charge in [0.1, 0.15) is 5.54 Å². The Kier molecular flexibility index (Phi) is 6.72. The van der Waals surface area contributed by atoms with Crippen LogP contribution in [0, 0.1) is 0 Å². The first-order chi connectivity index (χ1) is 15.8. The largest absolute Gasteiger partial charge is 0.481 e. The Balaban J connectivity index is 1.51. The second-order valence-corrected chi connectivity index (χ2v) is 9.85. The van der Waals surface area contributed by atoms with Crippen LogP contribution in [0.25, 0.3) is 10.1 Å². The second-order valence-electron chi connectivity index (χ2n) is 8.50. The minimum absolute atomic E-state index is 0.0730. The number of amides is 2. The maximum Gasteiger partial charge on any atom is 0.305 e. The van der Waals surface area contributed by atoms with Gasteiger partial charge in [-0.15, -0.1) is 11.3 Å². The highest BCUT2D eigenvalue weighted by molar-refractivity contribution is 7.17. The number of carbonyl (C=O) groups excluding carboxylic acids is 2. The predicted octanol–water partition coefficient (Wildman–Crippen LogP) is 4.59. The van der Waals surface area contributed by atoms with Crippen LogP contribution < -0.4 is 0 Å². The maximum atomic E-state index is 13.6. The van der Waals surface area contributed by atoms with Crippen molar-refractivity contribution in [3.8, 4) is 0 Å². The lowest BCUT2D eigenvalue weighted by molar-refractivity contribution is -0.164. The Hall–Kier alpha value is -2.90. The molecule has 1 unspecified atom stereocenters. The highest BCUT2D eigenvalue weighted by Crippen LogP contribution is 2.35. The summed E-state index contributed by atoms with van der Waals surface area (Å²) in [6, 6.07) is 15.1. The van der Waals surface area contributed by atoms with E-state index in [4.69, 9.17) is 11.6 Å². The Morgan fingerprint density at radius 1 is 1.15 bits per heavy atom. The van der Waals surface area contributed by atoms with Crippen LogP contribution in [-0.4, -0.2) is 51.3 Å². The summed E-state index contributed by atoms with van der Waals surface area (Å²) in [4.78, 5) is 41.1. The number of benzene rings is 2. The van der Waals surface area contributed by atoms with E-state index in [0.717, 1.165) is 21.2 Å². The fourth-order valence-corrected chi connectivity index (χ4v) is 5.33. The summed E-state index contributed by atoms with van der Waals surface area (Å²) < 4.78 is 1.13. The number of thiophene rings is 1. The zero-order chi connectivity index (χ0) is 23.6. The molecule has 172 valence electrons. The molecule has 3 aromatic rings. The Morgan fingerprint density at radius 3 is 2.55 bits per heavy atom. The molecular formula is C25H25ClN2O4S. The van der Waals surface area contributed by atoms with Gasteiger partial charge in [0.2, 0.25) is 11.8 Å². The third kappa shape index (κ3) is 4.89. The number of fused-ring (bicyclic) bond motifs is 1. The van der Waals surface area contributed by atoms with Crippen molar-refractivity contribution in [2.75, 3.05) is 13.1 Å². The van der Waals surface area contributed by atoms with Crippen LogP contribution in [0.4, 0.5) is 0 Å². The summed E-state index contributed by atoms with van der Waals surface area (Å²) in [5, 5.41) is 12.8. The van der Waals surface area contributed by atoms with Crippen molar-refractivity contribution in [3.63, 3.8) is 0 Å². The highest BCUT2D eigenvalue weighted by Gasteiger charge is 2.50. The molecule has 1 fully saturated rings. The van der Waals surface area contributed by atoms with E-state index in [2.05, 4.69) is 0 Å². The third-order valence-corrected chi connectivity index (χ3v) is 7.52. The molecule has 2 aromatic carbocycles. The van der Waals surface area contributed by atoms with Crippen LogP contribution in [0.15, 0.2) is 53.9 Å². The van der Waals surface area contributed by atoms with Gasteiger partial charge in [-0.25, -0.2) is 0 Å². The van der Waals surface area contributed by atoms with E-state index in [1.165, 1.54) is 4.90 Å². The van der Waals surface area contributed by atoms with Crippen molar-refractivity contribution in [1.29, 1.82) is 0 Å². The number of carbonyl (C=O) groups is 3. The molecule has 33 heavy (non-hydrogen) atoms. The predicted molar refractivity (Wildman–Crippen MR) is 129 cm³/mol. The van der Waals surface area contributed by atoms with Crippen molar-refractivity contribution >= 4 is 50.8 Å². The molecule has 2 amide bonds. The molecule has 2 heterocycles. The van der Waals surface area contributed by atoms with E-state index >= 15 is 0 Å². The first-order valence-electron chi connectivity index (χ1n) is 10.8. The lowest BCUT2D eigenvalue weighted by Crippen LogP contribution is -2.68. The first-order valence-corrected chi connectivity index (χ1v) is 12.0. The maximum absolute atomic E-state index is 13.6. The zero-order valence-electron chi connectivity index (χ0n) is 18.3. The van der Waals surface area contributed by atoms with Gasteiger partial charge < -0.3 is 14.9 Å². The van der Waals surface area contributed by atoms with Crippen molar-refractivity contribution in [3.05, 3.63) is 70.1 Å². The molecule has 0 bridgehead atoms. The van der Waals surface area contributed by atoms with E-state index in [9.17, 15) is 19.5 Å². The average Bonchev–Trinajstić information content (AvgIpc) is 3.18. The molecule has 1 aliphatic rings. The van der Waals surface area contributed by atoms with Gasteiger partial charge in [-0.05, 0) is 53.4 Å². The number of rotatable bonds is 8. The van der Waals surface area contributed by atoms with Crippen LogP contribution in [-0.2, 0) is 27.3 Å². The van der Waals surface area contributed by atoms with Crippen LogP contribution in [0.1, 0.15) is 30.9 Å². The number of carboxylic acids is 1. The van der Waals surface area contributed by atoms with Gasteiger partial charge in [0.15, 0.2) is 0 Å². The number of hydrogen-bond donors (Lipinski definition) is 1. The fourth-order valence-electron chi connectivity index (χ4n) is 4.24. The molecular weight excluding hydrogens is 460 g/mol. The lowest BCUT2D eigenvalue weighted by Gasteiger charge is -2.51. The number of halogens is 1. The molecule has 0 saturated carbocycles. The molecule has 4 rings (SSSR count). The molecule has 1 saturated heterocycles. The minimum Gasteiger partial charge on any atom is -0.481 e. The summed E-state index contributed by atoms with van der Waals surface area (Å²) >= 11 is 7.57. The number of likely N-dealkylation sites (tertiary alicyclic amines) is 1. The van der Waals surface area contributed by atoms with Crippen LogP contribution >= 0.6 is 22.9 Å². The quantitative estimate of drug-likeness (QED) is 0.507. The van der Waals surface area contributed by atoms with Gasteiger partial charge >= 0.3 is 5.97 Å². The Labute approximate surface area is 201 Å². The summed E-state index contributed by atoms with van der Waals surface area (Å²) in [5.41, 5.74) is 0.836. The smallest absolute Gasteiger partial charge is 0.305 e. The van der Waals surface area contributed by atoms with Gasteiger partial charge in [0.05, 0.1) is 12.8 Å². The van der Waals surface area contributed by atoms with Crippen molar-refractivity contribution in [2.45, 2.75) is 38.3 Å². The highest BCUT2D eigenvalue weighted by atomic mass is 35.5. The standard InChI is InChI=1S/C25H25ClN2O4S/c1-25(24(32)27(12-10-23(30)31)15-17-6-8-19(26)9-7-17)11-13-28(25)22(29)14-18-16-33-21-5-3-2-4-20(18)21/h2-9,16H,10-15H2,1H3,(H,30,31). The normalized spacial score (nSPS) is 17.6. The number of aliphatic carboxylic acids is 1. The van der Waals surface area contributed by atoms with E-state index in [-0.39, 0.29) is 37.7 Å². The van der Waals surface area contributed by atoms with Gasteiger partial charge in [-0.1, -0.05) is 41.9 Å². The van der Waals surface area contributed by atoms with Gasteiger partial charge in [0, 0.05) is 29.4 Å². The lowest BCUT2D eigenvalue weighted by atomic mass is 9.84. The molecule has 1 atom stereocenters. The summed E-state index contributed by atoms with van der Waals surface area (Å²) in [5.74, 6) is -1.29. The van der Waals surface area contributed by atoms with E-state index in [0.29, 0.717) is 18.0 Å². The number of hydrogen-bond acceptors (Lipinski definition) is 4. The summed E-state index contributed by atoms with van der Waals surface area (Å²) in [7, 11) is 0. The van der Waals surface area contributed by atoms with Crippen LogP contribution in [0.2, 0.25) is 5.02 Å². The van der Waals surface area contributed by atoms with Crippen LogP contribution in [0.5, 0.6) is 0 Å². The van der Waals surface area contributed by atoms with E-state index in [1.54, 1.807) is 35.3 Å². The molecule has 1 aliphatic heterocycles. The van der Waals surface area contributed by atoms with Crippen molar-refractivity contribution < 1.29 is 19.5 Å². The summed E-state index contributed by atoms with van der Waals surface area (Å²) in [6.07, 6.45) is 0.621. The third-order valence-electron chi connectivity index (χ3n) is 6.25. The first kappa shape index (κ1) is 23.3. The molecule has 0 radical (unpaired) electrons. The molecule has 6 nitrogen and oxygen atoms in total. The van der Waals surface area contributed by atoms with E-state index < -0.39 is 11.5 Å². The molecule has 1 N–H and O–H groups in total. The van der Waals surface area contributed by atoms with Crippen molar-refractivity contribution in [2.24, 2.45) is 0 Å². The number of carboxylic acid groups (broad SMARTS) is 1. The molecule has 8 heteroatoms. The van der Waals surface area contributed by atoms with Crippen molar-refractivity contribution in [1.82, 2.24) is 9.80 Å². The molecule has 1 aromatic heterocycles.